The lowest BCUT2D eigenvalue weighted by Gasteiger charge is -2.32. The van der Waals surface area contributed by atoms with Crippen LogP contribution in [-0.4, -0.2) is 61.1 Å². The number of hydrogen-bond acceptors (Lipinski definition) is 5. The topological polar surface area (TPSA) is 71.1 Å². The van der Waals surface area contributed by atoms with Crippen LogP contribution in [0.4, 0.5) is 4.79 Å². The number of nitrogens with one attached hydrogen (secondary N) is 1. The van der Waals surface area contributed by atoms with Gasteiger partial charge in [0.1, 0.15) is 6.54 Å². The highest BCUT2D eigenvalue weighted by molar-refractivity contribution is 7.11. The fourth-order valence-electron chi connectivity index (χ4n) is 4.59. The van der Waals surface area contributed by atoms with Gasteiger partial charge in [-0.15, -0.1) is 11.3 Å². The highest BCUT2D eigenvalue weighted by atomic mass is 32.1. The molecule has 36 heavy (non-hydrogen) atoms. The zero-order chi connectivity index (χ0) is 26.1. The van der Waals surface area contributed by atoms with Crippen molar-refractivity contribution in [2.75, 3.05) is 27.3 Å². The Hall–Kier alpha value is -2.74. The number of urea groups is 1. The number of carbonyl (C=O) groups is 2. The first-order chi connectivity index (χ1) is 17.3. The van der Waals surface area contributed by atoms with Crippen LogP contribution in [0.3, 0.4) is 0 Å². The number of rotatable bonds is 11. The van der Waals surface area contributed by atoms with Gasteiger partial charge >= 0.3 is 6.03 Å². The van der Waals surface area contributed by atoms with E-state index in [1.165, 1.54) is 11.3 Å². The van der Waals surface area contributed by atoms with Crippen molar-refractivity contribution < 1.29 is 19.1 Å². The minimum Gasteiger partial charge on any atom is -0.493 e. The molecule has 0 atom stereocenters. The molecule has 198 valence electrons. The minimum absolute atomic E-state index is 0.0472. The quantitative estimate of drug-likeness (QED) is 0.435. The summed E-state index contributed by atoms with van der Waals surface area (Å²) in [6.07, 6.45) is 6.23. The Bertz CT molecular complexity index is 1000. The second-order valence-corrected chi connectivity index (χ2v) is 11.1. The molecule has 1 heterocycles. The van der Waals surface area contributed by atoms with Gasteiger partial charge in [-0.05, 0) is 69.9 Å². The molecule has 1 fully saturated rings. The lowest BCUT2D eigenvalue weighted by Crippen LogP contribution is -2.52. The van der Waals surface area contributed by atoms with E-state index in [1.807, 2.05) is 36.9 Å². The number of ether oxygens (including phenoxy) is 2. The van der Waals surface area contributed by atoms with Crippen LogP contribution in [0.2, 0.25) is 0 Å². The number of carbonyl (C=O) groups excluding carboxylic acids is 2. The van der Waals surface area contributed by atoms with E-state index in [4.69, 9.17) is 9.47 Å². The normalized spacial score (nSPS) is 13.9. The highest BCUT2D eigenvalue weighted by Crippen LogP contribution is 2.28. The molecule has 1 N–H and O–H groups in total. The molecule has 0 aliphatic heterocycles. The van der Waals surface area contributed by atoms with Gasteiger partial charge in [-0.1, -0.05) is 25.3 Å². The molecule has 8 heteroatoms. The van der Waals surface area contributed by atoms with E-state index in [2.05, 4.69) is 24.4 Å². The van der Waals surface area contributed by atoms with Gasteiger partial charge in [0.2, 0.25) is 5.91 Å². The lowest BCUT2D eigenvalue weighted by molar-refractivity contribution is -0.132. The molecule has 3 rings (SSSR count). The van der Waals surface area contributed by atoms with Crippen LogP contribution >= 0.6 is 11.3 Å². The summed E-state index contributed by atoms with van der Waals surface area (Å²) in [6.45, 7) is 7.13. The van der Waals surface area contributed by atoms with Crippen LogP contribution in [0.1, 0.15) is 61.3 Å². The third-order valence-corrected chi connectivity index (χ3v) is 7.72. The van der Waals surface area contributed by atoms with E-state index < -0.39 is 0 Å². The van der Waals surface area contributed by atoms with Gasteiger partial charge in [-0.2, -0.15) is 0 Å². The summed E-state index contributed by atoms with van der Waals surface area (Å²) in [5.74, 6) is 1.31. The number of amides is 3. The van der Waals surface area contributed by atoms with Gasteiger partial charge in [0.05, 0.1) is 20.8 Å². The lowest BCUT2D eigenvalue weighted by atomic mass is 9.96. The van der Waals surface area contributed by atoms with E-state index in [9.17, 15) is 9.59 Å². The number of thiophene rings is 1. The third kappa shape index (κ3) is 7.88. The fraction of sp³-hybridized carbons (Fsp3) is 0.571. The van der Waals surface area contributed by atoms with E-state index in [1.54, 1.807) is 30.5 Å². The van der Waals surface area contributed by atoms with Gasteiger partial charge in [-0.25, -0.2) is 4.79 Å². The van der Waals surface area contributed by atoms with Crippen molar-refractivity contribution in [2.24, 2.45) is 0 Å². The zero-order valence-corrected chi connectivity index (χ0v) is 23.2. The summed E-state index contributed by atoms with van der Waals surface area (Å²) in [5.41, 5.74) is 1.06. The number of benzene rings is 1. The summed E-state index contributed by atoms with van der Waals surface area (Å²) in [5, 5.41) is 3.17. The fourth-order valence-corrected chi connectivity index (χ4v) is 5.50. The minimum atomic E-state index is -0.142. The first-order valence-corrected chi connectivity index (χ1v) is 13.7. The maximum absolute atomic E-state index is 13.6. The van der Waals surface area contributed by atoms with E-state index in [0.717, 1.165) is 36.1 Å². The summed E-state index contributed by atoms with van der Waals surface area (Å²) in [6, 6.07) is 9.98. The number of hydrogen-bond donors (Lipinski definition) is 1. The first kappa shape index (κ1) is 27.8. The van der Waals surface area contributed by atoms with Crippen molar-refractivity contribution in [3.8, 4) is 11.5 Å². The van der Waals surface area contributed by atoms with Gasteiger partial charge in [0.15, 0.2) is 11.5 Å². The number of aryl methyl sites for hydroxylation is 1. The molecule has 1 aromatic carbocycles. The maximum atomic E-state index is 13.6. The molecule has 0 unspecified atom stereocenters. The van der Waals surface area contributed by atoms with Crippen molar-refractivity contribution in [2.45, 2.75) is 77.9 Å². The van der Waals surface area contributed by atoms with Crippen molar-refractivity contribution >= 4 is 23.3 Å². The summed E-state index contributed by atoms with van der Waals surface area (Å²) >= 11 is 1.70. The van der Waals surface area contributed by atoms with Gasteiger partial charge < -0.3 is 24.6 Å². The average Bonchev–Trinajstić information content (AvgIpc) is 3.29. The van der Waals surface area contributed by atoms with Gasteiger partial charge in [0.25, 0.3) is 0 Å². The molecule has 1 aromatic heterocycles. The molecule has 0 radical (unpaired) electrons. The highest BCUT2D eigenvalue weighted by Gasteiger charge is 2.26. The van der Waals surface area contributed by atoms with Gasteiger partial charge in [-0.3, -0.25) is 4.79 Å². The molecule has 1 saturated carbocycles. The van der Waals surface area contributed by atoms with E-state index in [-0.39, 0.29) is 30.6 Å². The van der Waals surface area contributed by atoms with Crippen LogP contribution in [0, 0.1) is 6.92 Å². The molecule has 7 nitrogen and oxygen atoms in total. The molecule has 0 spiro atoms. The summed E-state index contributed by atoms with van der Waals surface area (Å²) in [7, 11) is 3.24. The number of nitrogens with zero attached hydrogens (tertiary/aromatic N) is 2. The van der Waals surface area contributed by atoms with Crippen LogP contribution in [-0.2, 0) is 17.8 Å². The van der Waals surface area contributed by atoms with E-state index >= 15 is 0 Å². The molecule has 0 saturated heterocycles. The van der Waals surface area contributed by atoms with Crippen molar-refractivity contribution in [3.05, 3.63) is 45.6 Å². The SMILES string of the molecule is COc1ccc(CCN(Cc2ccc(C)s2)C(=O)CN(C(=O)NC2CCCCC2)C(C)C)cc1OC. The van der Waals surface area contributed by atoms with Crippen molar-refractivity contribution in [1.82, 2.24) is 15.1 Å². The van der Waals surface area contributed by atoms with Crippen LogP contribution in [0.15, 0.2) is 30.3 Å². The summed E-state index contributed by atoms with van der Waals surface area (Å²) < 4.78 is 10.8. The third-order valence-electron chi connectivity index (χ3n) is 6.74. The number of methoxy groups -OCH3 is 2. The van der Waals surface area contributed by atoms with Crippen molar-refractivity contribution in [3.63, 3.8) is 0 Å². The first-order valence-electron chi connectivity index (χ1n) is 12.9. The Morgan fingerprint density at radius 1 is 1.06 bits per heavy atom. The zero-order valence-electron chi connectivity index (χ0n) is 22.3. The standard InChI is InChI=1S/C28H41N3O4S/c1-20(2)31(28(33)29-23-9-7-6-8-10-23)19-27(32)30(18-24-13-11-21(3)36-24)16-15-22-12-14-25(34-4)26(17-22)35-5/h11-14,17,20,23H,6-10,15-16,18-19H2,1-5H3,(H,29,33). The Balaban J connectivity index is 1.71. The maximum Gasteiger partial charge on any atom is 0.318 e. The molecular formula is C28H41N3O4S. The van der Waals surface area contributed by atoms with E-state index in [0.29, 0.717) is 31.0 Å². The molecule has 1 aliphatic rings. The molecule has 1 aliphatic carbocycles. The smallest absolute Gasteiger partial charge is 0.318 e. The Labute approximate surface area is 219 Å². The molecular weight excluding hydrogens is 474 g/mol. The second-order valence-electron chi connectivity index (χ2n) is 9.77. The van der Waals surface area contributed by atoms with Crippen LogP contribution in [0.5, 0.6) is 11.5 Å². The average molecular weight is 516 g/mol. The van der Waals surface area contributed by atoms with Crippen LogP contribution in [0.25, 0.3) is 0 Å². The predicted octanol–water partition coefficient (Wildman–Crippen LogP) is 5.40. The molecule has 2 aromatic rings. The predicted molar refractivity (Wildman–Crippen MR) is 145 cm³/mol. The largest absolute Gasteiger partial charge is 0.493 e. The van der Waals surface area contributed by atoms with Crippen LogP contribution < -0.4 is 14.8 Å². The second kappa shape index (κ2) is 13.5. The Morgan fingerprint density at radius 3 is 2.39 bits per heavy atom. The molecule has 0 bridgehead atoms. The Morgan fingerprint density at radius 2 is 1.78 bits per heavy atom. The van der Waals surface area contributed by atoms with Gasteiger partial charge in [0, 0.05) is 28.4 Å². The van der Waals surface area contributed by atoms with Crippen molar-refractivity contribution in [1.29, 1.82) is 0 Å². The Kier molecular flexibility index (Phi) is 10.5. The monoisotopic (exact) mass is 515 g/mol. The molecule has 3 amide bonds. The summed E-state index contributed by atoms with van der Waals surface area (Å²) in [4.78, 5) is 32.6.